The summed E-state index contributed by atoms with van der Waals surface area (Å²) in [6, 6.07) is 3.56. The first-order valence-corrected chi connectivity index (χ1v) is 9.71. The highest BCUT2D eigenvalue weighted by Crippen LogP contribution is 2.18. The van der Waals surface area contributed by atoms with Crippen LogP contribution >= 0.6 is 0 Å². The molecule has 1 aromatic heterocycles. The minimum atomic E-state index is -0.923. The van der Waals surface area contributed by atoms with E-state index in [0.717, 1.165) is 36.8 Å². The van der Waals surface area contributed by atoms with Crippen molar-refractivity contribution in [3.8, 4) is 5.75 Å². The molecule has 0 radical (unpaired) electrons. The van der Waals surface area contributed by atoms with Crippen LogP contribution in [0.2, 0.25) is 0 Å². The predicted molar refractivity (Wildman–Crippen MR) is 105 cm³/mol. The zero-order valence-corrected chi connectivity index (χ0v) is 17.7. The second-order valence-corrected chi connectivity index (χ2v) is 8.31. The van der Waals surface area contributed by atoms with E-state index in [1.807, 2.05) is 26.8 Å². The van der Waals surface area contributed by atoms with Gasteiger partial charge in [-0.25, -0.2) is 4.79 Å². The smallest absolute Gasteiger partial charge is 0.338 e. The fourth-order valence-corrected chi connectivity index (χ4v) is 2.33. The highest BCUT2D eigenvalue weighted by Gasteiger charge is 2.33. The Hall–Kier alpha value is -1.82. The number of hydrogen-bond acceptors (Lipinski definition) is 5. The van der Waals surface area contributed by atoms with Crippen molar-refractivity contribution >= 4 is 5.97 Å². The molecular weight excluding hydrogens is 346 g/mol. The number of carbonyl (C=O) groups excluding carboxylic acids is 1. The largest absolute Gasteiger partial charge is 0.618 e. The molecule has 27 heavy (non-hydrogen) atoms. The molecule has 0 aromatic carbocycles. The summed E-state index contributed by atoms with van der Waals surface area (Å²) in [7, 11) is 0. The number of carbonyl (C=O) groups is 1. The van der Waals surface area contributed by atoms with Crippen molar-refractivity contribution in [1.82, 2.24) is 0 Å². The molecule has 0 bridgehead atoms. The lowest BCUT2D eigenvalue weighted by molar-refractivity contribution is -0.612. The van der Waals surface area contributed by atoms with Crippen LogP contribution in [0.3, 0.4) is 0 Å². The van der Waals surface area contributed by atoms with Crippen LogP contribution in [0.15, 0.2) is 18.3 Å². The Morgan fingerprint density at radius 2 is 1.59 bits per heavy atom. The summed E-state index contributed by atoms with van der Waals surface area (Å²) in [6.45, 7) is 11.9. The van der Waals surface area contributed by atoms with Crippen molar-refractivity contribution in [2.45, 2.75) is 84.8 Å². The predicted octanol–water partition coefficient (Wildman–Crippen LogP) is 4.09. The van der Waals surface area contributed by atoms with Crippen LogP contribution in [0, 0.1) is 12.1 Å². The van der Waals surface area contributed by atoms with Gasteiger partial charge in [0.2, 0.25) is 6.20 Å². The maximum absolute atomic E-state index is 12.1. The van der Waals surface area contributed by atoms with E-state index in [0.29, 0.717) is 24.7 Å². The van der Waals surface area contributed by atoms with E-state index >= 15 is 0 Å². The van der Waals surface area contributed by atoms with Crippen LogP contribution < -0.4 is 9.47 Å². The van der Waals surface area contributed by atoms with Gasteiger partial charge in [-0.2, -0.15) is 4.73 Å². The maximum Gasteiger partial charge on any atom is 0.338 e. The van der Waals surface area contributed by atoms with E-state index in [1.54, 1.807) is 26.8 Å². The highest BCUT2D eigenvalue weighted by molar-refractivity contribution is 5.78. The van der Waals surface area contributed by atoms with Gasteiger partial charge in [0, 0.05) is 19.6 Å². The fourth-order valence-electron chi connectivity index (χ4n) is 2.33. The van der Waals surface area contributed by atoms with E-state index in [2.05, 4.69) is 0 Å². The summed E-state index contributed by atoms with van der Waals surface area (Å²) in [5, 5.41) is 11.5. The molecule has 0 amide bonds. The Labute approximate surface area is 163 Å². The summed E-state index contributed by atoms with van der Waals surface area (Å²) in [6.07, 6.45) is 6.47. The summed E-state index contributed by atoms with van der Waals surface area (Å²) >= 11 is 0. The second-order valence-electron chi connectivity index (χ2n) is 8.31. The molecule has 0 aliphatic rings. The van der Waals surface area contributed by atoms with Crippen molar-refractivity contribution in [2.75, 3.05) is 13.2 Å². The van der Waals surface area contributed by atoms with Gasteiger partial charge < -0.3 is 19.4 Å². The molecule has 0 unspecified atom stereocenters. The molecule has 0 spiro atoms. The number of rotatable bonds is 11. The van der Waals surface area contributed by atoms with Gasteiger partial charge in [-0.3, -0.25) is 0 Å². The van der Waals surface area contributed by atoms with E-state index in [-0.39, 0.29) is 5.97 Å². The molecule has 1 rings (SSSR count). The van der Waals surface area contributed by atoms with Gasteiger partial charge in [0.15, 0.2) is 17.0 Å². The van der Waals surface area contributed by atoms with E-state index < -0.39 is 11.2 Å². The Kier molecular flexibility index (Phi) is 9.03. The molecule has 0 N–H and O–H groups in total. The molecule has 0 aliphatic carbocycles. The number of nitrogens with zero attached hydrogens (tertiary/aromatic N) is 1. The van der Waals surface area contributed by atoms with E-state index in [1.165, 1.54) is 6.20 Å². The van der Waals surface area contributed by atoms with Crippen LogP contribution in [0.25, 0.3) is 0 Å². The van der Waals surface area contributed by atoms with Crippen molar-refractivity contribution in [2.24, 2.45) is 0 Å². The standard InChI is InChI=1S/C21H35NO5/c1-17-12-13-18(16-22(17)24)25-14-10-8-7-9-11-15-26-21(5,6)19(23)27-20(2,3)4/h12-13,16H,7-11,14-15H2,1-6H3. The van der Waals surface area contributed by atoms with Crippen molar-refractivity contribution in [3.05, 3.63) is 29.2 Å². The number of hydrogen-bond donors (Lipinski definition) is 0. The summed E-state index contributed by atoms with van der Waals surface area (Å²) in [5.41, 5.74) is -0.778. The molecule has 154 valence electrons. The van der Waals surface area contributed by atoms with Gasteiger partial charge >= 0.3 is 5.97 Å². The lowest BCUT2D eigenvalue weighted by Crippen LogP contribution is -2.41. The first-order valence-electron chi connectivity index (χ1n) is 9.71. The van der Waals surface area contributed by atoms with Gasteiger partial charge in [0.1, 0.15) is 5.60 Å². The molecule has 0 saturated heterocycles. The molecule has 0 fully saturated rings. The van der Waals surface area contributed by atoms with Gasteiger partial charge in [0.05, 0.1) is 6.61 Å². The topological polar surface area (TPSA) is 71.7 Å². The number of esters is 1. The third-order valence-corrected chi connectivity index (χ3v) is 3.99. The van der Waals surface area contributed by atoms with Crippen LogP contribution in [0.4, 0.5) is 0 Å². The highest BCUT2D eigenvalue weighted by atomic mass is 16.6. The van der Waals surface area contributed by atoms with Gasteiger partial charge in [-0.05, 0) is 53.5 Å². The lowest BCUT2D eigenvalue weighted by Gasteiger charge is -2.28. The zero-order chi connectivity index (χ0) is 20.5. The summed E-state index contributed by atoms with van der Waals surface area (Å²) in [5.74, 6) is 0.274. The first-order chi connectivity index (χ1) is 12.5. The molecule has 0 aliphatic heterocycles. The van der Waals surface area contributed by atoms with Crippen LogP contribution in [-0.4, -0.2) is 30.4 Å². The number of unbranched alkanes of at least 4 members (excludes halogenated alkanes) is 4. The molecular formula is C21H35NO5. The van der Waals surface area contributed by atoms with Gasteiger partial charge in [-0.1, -0.05) is 19.3 Å². The molecule has 0 atom stereocenters. The van der Waals surface area contributed by atoms with Crippen molar-refractivity contribution in [3.63, 3.8) is 0 Å². The molecule has 1 aromatic rings. The van der Waals surface area contributed by atoms with Gasteiger partial charge in [0.25, 0.3) is 0 Å². The quantitative estimate of drug-likeness (QED) is 0.250. The Bertz CT molecular complexity index is 593. The number of aryl methyl sites for hydroxylation is 1. The molecule has 1 heterocycles. The molecule has 0 saturated carbocycles. The fraction of sp³-hybridized carbons (Fsp3) is 0.714. The Morgan fingerprint density at radius 3 is 2.19 bits per heavy atom. The minimum Gasteiger partial charge on any atom is -0.618 e. The second kappa shape index (κ2) is 10.5. The number of aromatic nitrogens is 1. The first kappa shape index (κ1) is 23.2. The average Bonchev–Trinajstić information content (AvgIpc) is 2.55. The number of ether oxygens (including phenoxy) is 3. The van der Waals surface area contributed by atoms with Crippen molar-refractivity contribution in [1.29, 1.82) is 0 Å². The summed E-state index contributed by atoms with van der Waals surface area (Å²) in [4.78, 5) is 12.1. The number of pyridine rings is 1. The average molecular weight is 382 g/mol. The Morgan fingerprint density at radius 1 is 1.00 bits per heavy atom. The SMILES string of the molecule is Cc1ccc(OCCCCCCCOC(C)(C)C(=O)OC(C)(C)C)c[n+]1[O-]. The summed E-state index contributed by atoms with van der Waals surface area (Å²) < 4.78 is 17.5. The van der Waals surface area contributed by atoms with Crippen LogP contribution in [0.1, 0.15) is 72.4 Å². The zero-order valence-electron chi connectivity index (χ0n) is 17.7. The normalized spacial score (nSPS) is 12.1. The van der Waals surface area contributed by atoms with Crippen LogP contribution in [0.5, 0.6) is 5.75 Å². The lowest BCUT2D eigenvalue weighted by atomic mass is 10.1. The maximum atomic E-state index is 12.1. The van der Waals surface area contributed by atoms with Gasteiger partial charge in [-0.15, -0.1) is 0 Å². The van der Waals surface area contributed by atoms with Crippen molar-refractivity contribution < 1.29 is 23.7 Å². The minimum absolute atomic E-state index is 0.331. The van der Waals surface area contributed by atoms with E-state index in [4.69, 9.17) is 14.2 Å². The monoisotopic (exact) mass is 381 g/mol. The molecule has 6 heteroatoms. The third-order valence-electron chi connectivity index (χ3n) is 3.99. The molecule has 6 nitrogen and oxygen atoms in total. The van der Waals surface area contributed by atoms with Crippen LogP contribution in [-0.2, 0) is 14.3 Å². The van der Waals surface area contributed by atoms with E-state index in [9.17, 15) is 10.0 Å². The third kappa shape index (κ3) is 9.61. The Balaban J connectivity index is 2.08.